The second-order valence-electron chi connectivity index (χ2n) is 4.82. The first kappa shape index (κ1) is 14.2. The zero-order valence-corrected chi connectivity index (χ0v) is 11.6. The summed E-state index contributed by atoms with van der Waals surface area (Å²) in [6.07, 6.45) is 3.41. The van der Waals surface area contributed by atoms with Crippen LogP contribution in [0.15, 0.2) is 18.2 Å². The van der Waals surface area contributed by atoms with Gasteiger partial charge in [-0.1, -0.05) is 11.6 Å². The molecule has 19 heavy (non-hydrogen) atoms. The van der Waals surface area contributed by atoms with Crippen LogP contribution in [-0.4, -0.2) is 35.5 Å². The van der Waals surface area contributed by atoms with Crippen molar-refractivity contribution in [2.75, 3.05) is 19.6 Å². The van der Waals surface area contributed by atoms with Gasteiger partial charge in [-0.3, -0.25) is 4.79 Å². The molecule has 0 aromatic heterocycles. The fourth-order valence-corrected chi connectivity index (χ4v) is 2.45. The number of nitrogens with one attached hydrogen (secondary N) is 1. The van der Waals surface area contributed by atoms with E-state index in [0.717, 1.165) is 25.9 Å². The maximum Gasteiger partial charge on any atom is 0.236 e. The zero-order valence-electron chi connectivity index (χ0n) is 10.9. The fourth-order valence-electron chi connectivity index (χ4n) is 2.25. The number of amides is 1. The molecule has 2 rings (SSSR count). The Morgan fingerprint density at radius 3 is 2.79 bits per heavy atom. The SMILES string of the molecule is O=C(CNCc1cc(Cl)ccc1O)N1CCCCC1. The maximum absolute atomic E-state index is 11.9. The highest BCUT2D eigenvalue weighted by molar-refractivity contribution is 6.30. The number of phenolic OH excluding ortho intramolecular Hbond substituents is 1. The van der Waals surface area contributed by atoms with Gasteiger partial charge in [-0.25, -0.2) is 0 Å². The van der Waals surface area contributed by atoms with Crippen LogP contribution in [-0.2, 0) is 11.3 Å². The Labute approximate surface area is 118 Å². The summed E-state index contributed by atoms with van der Waals surface area (Å²) < 4.78 is 0. The van der Waals surface area contributed by atoms with Gasteiger partial charge in [0.05, 0.1) is 6.54 Å². The number of nitrogens with zero attached hydrogens (tertiary/aromatic N) is 1. The van der Waals surface area contributed by atoms with Crippen molar-refractivity contribution in [3.05, 3.63) is 28.8 Å². The molecule has 0 radical (unpaired) electrons. The van der Waals surface area contributed by atoms with Crippen LogP contribution in [0.3, 0.4) is 0 Å². The van der Waals surface area contributed by atoms with Crippen LogP contribution >= 0.6 is 11.6 Å². The van der Waals surface area contributed by atoms with E-state index in [4.69, 9.17) is 11.6 Å². The minimum atomic E-state index is 0.126. The predicted octanol–water partition coefficient (Wildman–Crippen LogP) is 2.15. The summed E-state index contributed by atoms with van der Waals surface area (Å²) in [5.74, 6) is 0.323. The molecule has 1 heterocycles. The molecule has 4 nitrogen and oxygen atoms in total. The number of aromatic hydroxyl groups is 1. The molecule has 1 saturated heterocycles. The van der Waals surface area contributed by atoms with Crippen LogP contribution in [0.1, 0.15) is 24.8 Å². The van der Waals surface area contributed by atoms with E-state index in [-0.39, 0.29) is 11.7 Å². The van der Waals surface area contributed by atoms with E-state index >= 15 is 0 Å². The summed E-state index contributed by atoms with van der Waals surface area (Å²) in [6.45, 7) is 2.46. The van der Waals surface area contributed by atoms with Crippen LogP contribution in [0, 0.1) is 0 Å². The fraction of sp³-hybridized carbons (Fsp3) is 0.500. The lowest BCUT2D eigenvalue weighted by Crippen LogP contribution is -2.40. The average molecular weight is 283 g/mol. The number of rotatable bonds is 4. The number of halogens is 1. The second kappa shape index (κ2) is 6.78. The third-order valence-corrected chi connectivity index (χ3v) is 3.58. The first-order chi connectivity index (χ1) is 9.16. The molecule has 0 saturated carbocycles. The zero-order chi connectivity index (χ0) is 13.7. The first-order valence-corrected chi connectivity index (χ1v) is 7.00. The summed E-state index contributed by atoms with van der Waals surface area (Å²) in [7, 11) is 0. The summed E-state index contributed by atoms with van der Waals surface area (Å²) in [5.41, 5.74) is 0.707. The molecule has 1 aromatic rings. The highest BCUT2D eigenvalue weighted by Gasteiger charge is 2.15. The highest BCUT2D eigenvalue weighted by Crippen LogP contribution is 2.21. The van der Waals surface area contributed by atoms with Crippen LogP contribution < -0.4 is 5.32 Å². The molecule has 1 amide bonds. The average Bonchev–Trinajstić information content (AvgIpc) is 2.43. The second-order valence-corrected chi connectivity index (χ2v) is 5.25. The summed E-state index contributed by atoms with van der Waals surface area (Å²) in [6, 6.07) is 4.90. The lowest BCUT2D eigenvalue weighted by Gasteiger charge is -2.26. The van der Waals surface area contributed by atoms with Gasteiger partial charge < -0.3 is 15.3 Å². The summed E-state index contributed by atoms with van der Waals surface area (Å²) in [4.78, 5) is 13.8. The molecule has 1 aliphatic rings. The van der Waals surface area contributed by atoms with Crippen molar-refractivity contribution in [2.24, 2.45) is 0 Å². The minimum Gasteiger partial charge on any atom is -0.508 e. The molecular weight excluding hydrogens is 264 g/mol. The Balaban J connectivity index is 1.79. The molecule has 0 atom stereocenters. The third-order valence-electron chi connectivity index (χ3n) is 3.34. The normalized spacial score (nSPS) is 15.5. The van der Waals surface area contributed by atoms with Gasteiger partial charge in [0.1, 0.15) is 5.75 Å². The predicted molar refractivity (Wildman–Crippen MR) is 75.3 cm³/mol. The van der Waals surface area contributed by atoms with E-state index in [1.54, 1.807) is 18.2 Å². The van der Waals surface area contributed by atoms with Crippen molar-refractivity contribution in [1.29, 1.82) is 0 Å². The van der Waals surface area contributed by atoms with Gasteiger partial charge >= 0.3 is 0 Å². The number of carbonyl (C=O) groups excluding carboxylic acids is 1. The molecule has 1 aromatic carbocycles. The molecule has 0 aliphatic carbocycles. The van der Waals surface area contributed by atoms with Crippen LogP contribution in [0.4, 0.5) is 0 Å². The molecular formula is C14H19ClN2O2. The van der Waals surface area contributed by atoms with Gasteiger partial charge in [-0.2, -0.15) is 0 Å². The number of likely N-dealkylation sites (tertiary alicyclic amines) is 1. The van der Waals surface area contributed by atoms with E-state index < -0.39 is 0 Å². The Morgan fingerprint density at radius 1 is 1.32 bits per heavy atom. The molecule has 0 spiro atoms. The Morgan fingerprint density at radius 2 is 2.05 bits per heavy atom. The van der Waals surface area contributed by atoms with Crippen molar-refractivity contribution >= 4 is 17.5 Å². The number of carbonyl (C=O) groups is 1. The lowest BCUT2D eigenvalue weighted by molar-refractivity contribution is -0.131. The molecule has 0 bridgehead atoms. The summed E-state index contributed by atoms with van der Waals surface area (Å²) in [5, 5.41) is 13.3. The molecule has 5 heteroatoms. The van der Waals surface area contributed by atoms with Gasteiger partial charge in [-0.05, 0) is 37.5 Å². The first-order valence-electron chi connectivity index (χ1n) is 6.63. The molecule has 1 aliphatic heterocycles. The Kier molecular flexibility index (Phi) is 5.05. The molecule has 104 valence electrons. The largest absolute Gasteiger partial charge is 0.508 e. The molecule has 2 N–H and O–H groups in total. The third kappa shape index (κ3) is 4.11. The quantitative estimate of drug-likeness (QED) is 0.890. The highest BCUT2D eigenvalue weighted by atomic mass is 35.5. The summed E-state index contributed by atoms with van der Waals surface area (Å²) >= 11 is 5.87. The van der Waals surface area contributed by atoms with Crippen LogP contribution in [0.5, 0.6) is 5.75 Å². The van der Waals surface area contributed by atoms with E-state index in [0.29, 0.717) is 23.7 Å². The van der Waals surface area contributed by atoms with Crippen LogP contribution in [0.25, 0.3) is 0 Å². The van der Waals surface area contributed by atoms with E-state index in [1.165, 1.54) is 6.42 Å². The van der Waals surface area contributed by atoms with Gasteiger partial charge in [0.25, 0.3) is 0 Å². The monoisotopic (exact) mass is 282 g/mol. The van der Waals surface area contributed by atoms with Crippen molar-refractivity contribution in [1.82, 2.24) is 10.2 Å². The maximum atomic E-state index is 11.9. The van der Waals surface area contributed by atoms with E-state index in [1.807, 2.05) is 4.90 Å². The van der Waals surface area contributed by atoms with Gasteiger partial charge in [0, 0.05) is 30.2 Å². The Bertz CT molecular complexity index is 445. The van der Waals surface area contributed by atoms with Crippen molar-refractivity contribution in [2.45, 2.75) is 25.8 Å². The Hall–Kier alpha value is -1.26. The lowest BCUT2D eigenvalue weighted by atomic mass is 10.1. The molecule has 1 fully saturated rings. The minimum absolute atomic E-state index is 0.126. The van der Waals surface area contributed by atoms with Gasteiger partial charge in [0.15, 0.2) is 0 Å². The van der Waals surface area contributed by atoms with Crippen molar-refractivity contribution in [3.8, 4) is 5.75 Å². The number of piperidine rings is 1. The van der Waals surface area contributed by atoms with E-state index in [2.05, 4.69) is 5.32 Å². The smallest absolute Gasteiger partial charge is 0.236 e. The number of hydrogen-bond donors (Lipinski definition) is 2. The number of benzene rings is 1. The van der Waals surface area contributed by atoms with E-state index in [9.17, 15) is 9.90 Å². The van der Waals surface area contributed by atoms with Crippen molar-refractivity contribution in [3.63, 3.8) is 0 Å². The topological polar surface area (TPSA) is 52.6 Å². The number of phenols is 1. The number of hydrogen-bond acceptors (Lipinski definition) is 3. The standard InChI is InChI=1S/C14H19ClN2O2/c15-12-4-5-13(18)11(8-12)9-16-10-14(19)17-6-2-1-3-7-17/h4-5,8,16,18H,1-3,6-7,9-10H2. The molecule has 0 unspecified atom stereocenters. The van der Waals surface area contributed by atoms with Crippen molar-refractivity contribution < 1.29 is 9.90 Å². The van der Waals surface area contributed by atoms with Gasteiger partial charge in [-0.15, -0.1) is 0 Å². The van der Waals surface area contributed by atoms with Gasteiger partial charge in [0.2, 0.25) is 5.91 Å². The van der Waals surface area contributed by atoms with Crippen LogP contribution in [0.2, 0.25) is 5.02 Å².